The van der Waals surface area contributed by atoms with Crippen LogP contribution >= 0.6 is 0 Å². The van der Waals surface area contributed by atoms with E-state index < -0.39 is 17.6 Å². The number of carboxylic acid groups (broad SMARTS) is 1. The monoisotopic (exact) mass is 485 g/mol. The highest BCUT2D eigenvalue weighted by molar-refractivity contribution is 6.02. The van der Waals surface area contributed by atoms with Crippen LogP contribution in [0, 0.1) is 28.6 Å². The molecule has 2 saturated carbocycles. The zero-order valence-corrected chi connectivity index (χ0v) is 21.7. The molecule has 35 heavy (non-hydrogen) atoms. The van der Waals surface area contributed by atoms with Crippen molar-refractivity contribution >= 4 is 11.9 Å². The molecule has 0 bridgehead atoms. The van der Waals surface area contributed by atoms with Crippen LogP contribution in [0.2, 0.25) is 0 Å². The summed E-state index contributed by atoms with van der Waals surface area (Å²) >= 11 is 0. The van der Waals surface area contributed by atoms with Gasteiger partial charge in [0.2, 0.25) is 0 Å². The molecule has 7 nitrogen and oxygen atoms in total. The van der Waals surface area contributed by atoms with Crippen molar-refractivity contribution in [3.8, 4) is 11.5 Å². The average Bonchev–Trinajstić information content (AvgIpc) is 3.31. The molecule has 2 aliphatic heterocycles. The number of carbonyl (C=O) groups is 2. The van der Waals surface area contributed by atoms with E-state index in [0.29, 0.717) is 29.7 Å². The molecule has 1 aromatic carbocycles. The maximum atomic E-state index is 13.3. The second-order valence-corrected chi connectivity index (χ2v) is 12.7. The number of aromatic hydroxyl groups is 1. The molecule has 1 aromatic rings. The Balaban J connectivity index is 1.59. The number of hydrogen-bond acceptors (Lipinski definition) is 5. The van der Waals surface area contributed by atoms with Gasteiger partial charge in [-0.25, -0.2) is 4.79 Å². The smallest absolute Gasteiger partial charge is 0.326 e. The van der Waals surface area contributed by atoms with Crippen molar-refractivity contribution in [2.45, 2.75) is 97.9 Å². The topological polar surface area (TPSA) is 107 Å². The Kier molecular flexibility index (Phi) is 5.31. The number of aliphatic hydroxyl groups excluding tert-OH is 1. The minimum Gasteiger partial charge on any atom is -0.508 e. The summed E-state index contributed by atoms with van der Waals surface area (Å²) in [5.41, 5.74) is 0.751. The standard InChI is InChI=1S/C28H39NO6/c1-14(2)22(25(33)34)29-13-18-16(24(29)32)11-19(30)17-12-28(35-23(17)18)15(3)7-8-20-26(4,5)21(31)9-10-27(20,28)6/h11,14-15,20-22,30-31H,7-10,12-13H2,1-6H3,(H,33,34)/t15-,20+,21-,22-,27+,28-/m1/s1. The summed E-state index contributed by atoms with van der Waals surface area (Å²) < 4.78 is 7.00. The lowest BCUT2D eigenvalue weighted by molar-refractivity contribution is -0.210. The summed E-state index contributed by atoms with van der Waals surface area (Å²) in [5, 5.41) is 31.8. The van der Waals surface area contributed by atoms with E-state index in [-0.39, 0.29) is 52.9 Å². The number of rotatable bonds is 3. The van der Waals surface area contributed by atoms with Crippen LogP contribution < -0.4 is 4.74 Å². The zero-order chi connectivity index (χ0) is 25.7. The summed E-state index contributed by atoms with van der Waals surface area (Å²) in [4.78, 5) is 26.7. The predicted octanol–water partition coefficient (Wildman–Crippen LogP) is 4.36. The number of nitrogens with zero attached hydrogens (tertiary/aromatic N) is 1. The van der Waals surface area contributed by atoms with Crippen LogP contribution in [0.1, 0.15) is 88.7 Å². The van der Waals surface area contributed by atoms with Crippen LogP contribution in [0.5, 0.6) is 11.5 Å². The third-order valence-corrected chi connectivity index (χ3v) is 10.3. The molecule has 4 aliphatic rings. The van der Waals surface area contributed by atoms with E-state index in [9.17, 15) is 24.9 Å². The van der Waals surface area contributed by atoms with E-state index in [1.165, 1.54) is 11.0 Å². The first-order chi connectivity index (χ1) is 16.3. The number of phenols is 1. The van der Waals surface area contributed by atoms with Gasteiger partial charge in [0.1, 0.15) is 23.1 Å². The van der Waals surface area contributed by atoms with Gasteiger partial charge in [-0.3, -0.25) is 4.79 Å². The number of benzene rings is 1. The highest BCUT2D eigenvalue weighted by atomic mass is 16.5. The van der Waals surface area contributed by atoms with Crippen molar-refractivity contribution in [1.29, 1.82) is 0 Å². The van der Waals surface area contributed by atoms with Gasteiger partial charge in [-0.05, 0) is 54.9 Å². The second-order valence-electron chi connectivity index (χ2n) is 12.7. The van der Waals surface area contributed by atoms with E-state index >= 15 is 0 Å². The molecular weight excluding hydrogens is 446 g/mol. The van der Waals surface area contributed by atoms with Crippen LogP contribution in [0.3, 0.4) is 0 Å². The maximum absolute atomic E-state index is 13.3. The third kappa shape index (κ3) is 3.06. The van der Waals surface area contributed by atoms with Crippen molar-refractivity contribution in [2.24, 2.45) is 28.6 Å². The zero-order valence-electron chi connectivity index (χ0n) is 21.7. The molecule has 7 heteroatoms. The third-order valence-electron chi connectivity index (χ3n) is 10.3. The van der Waals surface area contributed by atoms with Gasteiger partial charge in [0, 0.05) is 23.0 Å². The number of amides is 1. The fraction of sp³-hybridized carbons (Fsp3) is 0.714. The van der Waals surface area contributed by atoms with E-state index in [1.54, 1.807) is 13.8 Å². The van der Waals surface area contributed by atoms with E-state index in [1.807, 2.05) is 0 Å². The van der Waals surface area contributed by atoms with E-state index in [4.69, 9.17) is 4.74 Å². The van der Waals surface area contributed by atoms with Crippen LogP contribution in [-0.4, -0.2) is 49.8 Å². The highest BCUT2D eigenvalue weighted by Gasteiger charge is 2.67. The molecule has 6 atom stereocenters. The summed E-state index contributed by atoms with van der Waals surface area (Å²) in [6.45, 7) is 12.6. The summed E-state index contributed by atoms with van der Waals surface area (Å²) in [5.74, 6) is -0.543. The predicted molar refractivity (Wildman–Crippen MR) is 130 cm³/mol. The molecule has 2 heterocycles. The Bertz CT molecular complexity index is 1100. The Labute approximate surface area is 207 Å². The van der Waals surface area contributed by atoms with Crippen molar-refractivity contribution in [2.75, 3.05) is 0 Å². The summed E-state index contributed by atoms with van der Waals surface area (Å²) in [6, 6.07) is 0.569. The normalized spacial score (nSPS) is 36.1. The molecule has 0 unspecified atom stereocenters. The first-order valence-corrected chi connectivity index (χ1v) is 13.0. The number of phenolic OH excluding ortho intramolecular Hbond substituents is 1. The van der Waals surface area contributed by atoms with Gasteiger partial charge in [0.25, 0.3) is 5.91 Å². The summed E-state index contributed by atoms with van der Waals surface area (Å²) in [6.07, 6.45) is 3.73. The summed E-state index contributed by atoms with van der Waals surface area (Å²) in [7, 11) is 0. The largest absolute Gasteiger partial charge is 0.508 e. The number of ether oxygens (including phenoxy) is 1. The van der Waals surface area contributed by atoms with Crippen LogP contribution in [0.15, 0.2) is 6.07 Å². The SMILES string of the molecule is CC(C)[C@H](C(=O)O)N1Cc2c(cc(O)c3c2O[C@]2(C3)[C@H](C)CC[C@H]3C(C)(C)[C@H](O)CC[C@@]32C)C1=O. The van der Waals surface area contributed by atoms with Crippen molar-refractivity contribution in [1.82, 2.24) is 4.90 Å². The minimum atomic E-state index is -1.03. The number of aliphatic hydroxyl groups is 1. The number of carbonyl (C=O) groups excluding carboxylic acids is 1. The van der Waals surface area contributed by atoms with Gasteiger partial charge in [-0.15, -0.1) is 0 Å². The fourth-order valence-corrected chi connectivity index (χ4v) is 8.29. The van der Waals surface area contributed by atoms with Crippen LogP contribution in [0.25, 0.3) is 0 Å². The maximum Gasteiger partial charge on any atom is 0.326 e. The first kappa shape index (κ1) is 24.4. The van der Waals surface area contributed by atoms with E-state index in [0.717, 1.165) is 24.8 Å². The number of fused-ring (bicyclic) bond motifs is 5. The Morgan fingerprint density at radius 2 is 1.86 bits per heavy atom. The van der Waals surface area contributed by atoms with Gasteiger partial charge in [0.05, 0.1) is 18.2 Å². The molecule has 3 N–H and O–H groups in total. The molecule has 1 spiro atoms. The lowest BCUT2D eigenvalue weighted by Gasteiger charge is -2.64. The van der Waals surface area contributed by atoms with Crippen molar-refractivity contribution < 1.29 is 29.6 Å². The minimum absolute atomic E-state index is 0.0512. The van der Waals surface area contributed by atoms with Crippen LogP contribution in [-0.2, 0) is 17.8 Å². The molecular formula is C28H39NO6. The molecule has 1 amide bonds. The van der Waals surface area contributed by atoms with Crippen molar-refractivity contribution in [3.63, 3.8) is 0 Å². The Morgan fingerprint density at radius 1 is 1.17 bits per heavy atom. The van der Waals surface area contributed by atoms with Gasteiger partial charge in [-0.1, -0.05) is 41.5 Å². The molecule has 5 rings (SSSR count). The molecule has 0 saturated heterocycles. The van der Waals surface area contributed by atoms with E-state index in [2.05, 4.69) is 27.7 Å². The number of carboxylic acids is 1. The van der Waals surface area contributed by atoms with Gasteiger partial charge in [0.15, 0.2) is 0 Å². The van der Waals surface area contributed by atoms with Gasteiger partial charge < -0.3 is 25.0 Å². The lowest BCUT2D eigenvalue weighted by atomic mass is 9.43. The molecule has 2 fully saturated rings. The molecule has 2 aliphatic carbocycles. The highest BCUT2D eigenvalue weighted by Crippen LogP contribution is 2.67. The average molecular weight is 486 g/mol. The Morgan fingerprint density at radius 3 is 2.49 bits per heavy atom. The molecule has 0 aromatic heterocycles. The number of hydrogen-bond donors (Lipinski definition) is 3. The quantitative estimate of drug-likeness (QED) is 0.587. The first-order valence-electron chi connectivity index (χ1n) is 13.0. The van der Waals surface area contributed by atoms with Crippen molar-refractivity contribution in [3.05, 3.63) is 22.8 Å². The fourth-order valence-electron chi connectivity index (χ4n) is 8.29. The molecule has 0 radical (unpaired) electrons. The van der Waals surface area contributed by atoms with Gasteiger partial charge in [-0.2, -0.15) is 0 Å². The Hall–Kier alpha value is -2.28. The van der Waals surface area contributed by atoms with Crippen LogP contribution in [0.4, 0.5) is 0 Å². The lowest BCUT2D eigenvalue weighted by Crippen LogP contribution is -2.66. The molecule has 192 valence electrons. The van der Waals surface area contributed by atoms with Gasteiger partial charge >= 0.3 is 5.97 Å². The second kappa shape index (κ2) is 7.61. The number of aliphatic carboxylic acids is 1.